The van der Waals surface area contributed by atoms with E-state index in [9.17, 15) is 0 Å². The minimum absolute atomic E-state index is 0.459. The highest BCUT2D eigenvalue weighted by Crippen LogP contribution is 2.37. The van der Waals surface area contributed by atoms with Gasteiger partial charge in [0.05, 0.1) is 12.3 Å². The lowest BCUT2D eigenvalue weighted by molar-refractivity contribution is 0.249. The number of para-hydroxylation sites is 2. The van der Waals surface area contributed by atoms with Crippen LogP contribution in [0.2, 0.25) is 0 Å². The summed E-state index contributed by atoms with van der Waals surface area (Å²) >= 11 is 0. The van der Waals surface area contributed by atoms with Crippen molar-refractivity contribution in [1.29, 1.82) is 0 Å². The number of hydrogen-bond acceptors (Lipinski definition) is 3. The van der Waals surface area contributed by atoms with E-state index in [1.807, 2.05) is 0 Å². The maximum absolute atomic E-state index is 6.19. The predicted octanol–water partition coefficient (Wildman–Crippen LogP) is 3.43. The quantitative estimate of drug-likeness (QED) is 0.926. The number of fused-ring (bicyclic) bond motifs is 1. The first-order chi connectivity index (χ1) is 10.3. The molecule has 1 unspecified atom stereocenters. The normalized spacial score (nSPS) is 27.4. The number of anilines is 1. The first-order valence-corrected chi connectivity index (χ1v) is 8.48. The molecule has 2 aliphatic rings. The lowest BCUT2D eigenvalue weighted by Crippen LogP contribution is -2.47. The minimum atomic E-state index is 0.459. The molecule has 0 amide bonds. The molecule has 0 bridgehead atoms. The van der Waals surface area contributed by atoms with Crippen LogP contribution in [0.15, 0.2) is 24.3 Å². The fraction of sp³-hybridized carbons (Fsp3) is 0.667. The van der Waals surface area contributed by atoms with Crippen LogP contribution < -0.4 is 15.4 Å². The van der Waals surface area contributed by atoms with E-state index in [2.05, 4.69) is 36.1 Å². The smallest absolute Gasteiger partial charge is 0.142 e. The van der Waals surface area contributed by atoms with Crippen LogP contribution in [0.5, 0.6) is 5.75 Å². The number of benzene rings is 1. The van der Waals surface area contributed by atoms with E-state index in [1.165, 1.54) is 31.4 Å². The Morgan fingerprint density at radius 3 is 2.76 bits per heavy atom. The molecule has 1 heterocycles. The lowest BCUT2D eigenvalue weighted by atomic mass is 9.78. The van der Waals surface area contributed by atoms with Crippen molar-refractivity contribution in [3.63, 3.8) is 0 Å². The zero-order chi connectivity index (χ0) is 14.7. The average Bonchev–Trinajstić information content (AvgIpc) is 2.73. The summed E-state index contributed by atoms with van der Waals surface area (Å²) in [4.78, 5) is 2.53. The zero-order valence-electron chi connectivity index (χ0n) is 13.1. The lowest BCUT2D eigenvalue weighted by Gasteiger charge is -2.40. The predicted molar refractivity (Wildman–Crippen MR) is 87.9 cm³/mol. The van der Waals surface area contributed by atoms with Crippen LogP contribution in [0.25, 0.3) is 0 Å². The van der Waals surface area contributed by atoms with Gasteiger partial charge in [0.15, 0.2) is 0 Å². The summed E-state index contributed by atoms with van der Waals surface area (Å²) in [5.41, 5.74) is 7.43. The molecular weight excluding hydrogens is 260 g/mol. The highest BCUT2D eigenvalue weighted by atomic mass is 16.5. The molecule has 2 N–H and O–H groups in total. The maximum Gasteiger partial charge on any atom is 0.142 e. The van der Waals surface area contributed by atoms with Gasteiger partial charge in [0.25, 0.3) is 0 Å². The van der Waals surface area contributed by atoms with Gasteiger partial charge in [-0.15, -0.1) is 0 Å². The van der Waals surface area contributed by atoms with E-state index < -0.39 is 0 Å². The Morgan fingerprint density at radius 2 is 2.00 bits per heavy atom. The van der Waals surface area contributed by atoms with Crippen molar-refractivity contribution < 1.29 is 4.74 Å². The van der Waals surface area contributed by atoms with Crippen molar-refractivity contribution in [2.24, 2.45) is 17.6 Å². The van der Waals surface area contributed by atoms with E-state index >= 15 is 0 Å². The third kappa shape index (κ3) is 3.18. The molecule has 1 atom stereocenters. The van der Waals surface area contributed by atoms with E-state index in [1.54, 1.807) is 0 Å². The van der Waals surface area contributed by atoms with Gasteiger partial charge in [-0.1, -0.05) is 31.9 Å². The van der Waals surface area contributed by atoms with Crippen LogP contribution in [0.3, 0.4) is 0 Å². The van der Waals surface area contributed by atoms with Crippen molar-refractivity contribution in [1.82, 2.24) is 0 Å². The fourth-order valence-corrected chi connectivity index (χ4v) is 3.94. The summed E-state index contributed by atoms with van der Waals surface area (Å²) in [6, 6.07) is 8.90. The molecule has 116 valence electrons. The summed E-state index contributed by atoms with van der Waals surface area (Å²) in [6.07, 6.45) is 6.43. The van der Waals surface area contributed by atoms with Crippen molar-refractivity contribution in [3.05, 3.63) is 24.3 Å². The van der Waals surface area contributed by atoms with Gasteiger partial charge in [-0.25, -0.2) is 0 Å². The highest BCUT2D eigenvalue weighted by molar-refractivity contribution is 5.59. The number of rotatable bonds is 3. The van der Waals surface area contributed by atoms with E-state index in [-0.39, 0.29) is 0 Å². The van der Waals surface area contributed by atoms with Crippen LogP contribution in [-0.4, -0.2) is 25.7 Å². The zero-order valence-corrected chi connectivity index (χ0v) is 13.1. The van der Waals surface area contributed by atoms with Gasteiger partial charge in [-0.05, 0) is 43.2 Å². The number of ether oxygens (including phenoxy) is 1. The van der Waals surface area contributed by atoms with Gasteiger partial charge in [0.2, 0.25) is 0 Å². The molecule has 1 aromatic carbocycles. The van der Waals surface area contributed by atoms with Gasteiger partial charge >= 0.3 is 0 Å². The second kappa shape index (κ2) is 6.69. The molecular formula is C18H28N2O. The Hall–Kier alpha value is -1.22. The molecule has 0 saturated heterocycles. The van der Waals surface area contributed by atoms with Crippen LogP contribution >= 0.6 is 0 Å². The Balaban J connectivity index is 1.83. The third-order valence-electron chi connectivity index (χ3n) is 5.22. The van der Waals surface area contributed by atoms with Crippen molar-refractivity contribution in [2.75, 3.05) is 24.6 Å². The van der Waals surface area contributed by atoms with Gasteiger partial charge < -0.3 is 15.4 Å². The topological polar surface area (TPSA) is 38.5 Å². The van der Waals surface area contributed by atoms with Crippen molar-refractivity contribution >= 4 is 5.69 Å². The summed E-state index contributed by atoms with van der Waals surface area (Å²) < 4.78 is 5.90. The molecule has 0 radical (unpaired) electrons. The van der Waals surface area contributed by atoms with Gasteiger partial charge in [-0.2, -0.15) is 0 Å². The van der Waals surface area contributed by atoms with E-state index in [0.717, 1.165) is 43.7 Å². The van der Waals surface area contributed by atoms with E-state index in [4.69, 9.17) is 10.5 Å². The summed E-state index contributed by atoms with van der Waals surface area (Å²) in [6.45, 7) is 4.99. The minimum Gasteiger partial charge on any atom is -0.491 e. The molecule has 1 saturated carbocycles. The molecule has 0 aromatic heterocycles. The highest BCUT2D eigenvalue weighted by Gasteiger charge is 2.31. The van der Waals surface area contributed by atoms with Crippen molar-refractivity contribution in [3.8, 4) is 5.75 Å². The molecule has 1 fully saturated rings. The molecule has 1 aromatic rings. The number of hydrogen-bond donors (Lipinski definition) is 1. The summed E-state index contributed by atoms with van der Waals surface area (Å²) in [5.74, 6) is 2.65. The van der Waals surface area contributed by atoms with Gasteiger partial charge in [-0.3, -0.25) is 0 Å². The van der Waals surface area contributed by atoms with Crippen molar-refractivity contribution in [2.45, 2.75) is 45.1 Å². The summed E-state index contributed by atoms with van der Waals surface area (Å²) in [5, 5.41) is 0. The Bertz CT molecular complexity index is 454. The van der Waals surface area contributed by atoms with E-state index in [0.29, 0.717) is 6.04 Å². The standard InChI is InChI=1S/C18H28N2O/c1-14-7-9-15(10-8-14)17(13-19)20-11-4-12-21-18-6-3-2-5-16(18)20/h2-3,5-6,14-15,17H,4,7-13,19H2,1H3. The van der Waals surface area contributed by atoms with Crippen LogP contribution in [0, 0.1) is 11.8 Å². The monoisotopic (exact) mass is 288 g/mol. The van der Waals surface area contributed by atoms with Crippen LogP contribution in [0.1, 0.15) is 39.0 Å². The van der Waals surface area contributed by atoms with Gasteiger partial charge in [0.1, 0.15) is 5.75 Å². The number of nitrogens with zero attached hydrogens (tertiary/aromatic N) is 1. The average molecular weight is 288 g/mol. The maximum atomic E-state index is 6.19. The molecule has 0 spiro atoms. The molecule has 3 rings (SSSR count). The molecule has 3 nitrogen and oxygen atoms in total. The Kier molecular flexibility index (Phi) is 4.69. The third-order valence-corrected chi connectivity index (χ3v) is 5.22. The molecule has 1 aliphatic heterocycles. The molecule has 21 heavy (non-hydrogen) atoms. The molecule has 1 aliphatic carbocycles. The summed E-state index contributed by atoms with van der Waals surface area (Å²) in [7, 11) is 0. The second-order valence-electron chi connectivity index (χ2n) is 6.69. The fourth-order valence-electron chi connectivity index (χ4n) is 3.94. The number of nitrogens with two attached hydrogens (primary N) is 1. The Labute approximate surface area is 128 Å². The van der Waals surface area contributed by atoms with Gasteiger partial charge in [0, 0.05) is 19.1 Å². The molecule has 3 heteroatoms. The Morgan fingerprint density at radius 1 is 1.24 bits per heavy atom. The largest absolute Gasteiger partial charge is 0.491 e. The van der Waals surface area contributed by atoms with Crippen LogP contribution in [-0.2, 0) is 0 Å². The SMILES string of the molecule is CC1CCC(C(CN)N2CCCOc3ccccc32)CC1. The van der Waals surface area contributed by atoms with Crippen LogP contribution in [0.4, 0.5) is 5.69 Å². The second-order valence-corrected chi connectivity index (χ2v) is 6.69. The first kappa shape index (κ1) is 14.7. The first-order valence-electron chi connectivity index (χ1n) is 8.48.